The zero-order valence-corrected chi connectivity index (χ0v) is 29.4. The molecule has 7 N–H and O–H groups in total. The van der Waals surface area contributed by atoms with Crippen molar-refractivity contribution < 1.29 is 19.2 Å². The normalized spacial score (nSPS) is 11.1. The number of nitrogens with zero attached hydrogens (tertiary/aromatic N) is 8. The van der Waals surface area contributed by atoms with Gasteiger partial charge in [0.05, 0.1) is 40.2 Å². The molecular formula is C36H45N13O4. The molecule has 0 spiro atoms. The van der Waals surface area contributed by atoms with Crippen LogP contribution < -0.4 is 27.4 Å². The van der Waals surface area contributed by atoms with E-state index in [4.69, 9.17) is 16.5 Å². The average molecular weight is 724 g/mol. The molecule has 4 aromatic heterocycles. The number of nitrogens with one attached hydrogen (secondary N) is 3. The minimum atomic E-state index is -0.583. The highest BCUT2D eigenvalue weighted by Gasteiger charge is 2.21. The van der Waals surface area contributed by atoms with E-state index < -0.39 is 5.91 Å². The second-order valence-corrected chi connectivity index (χ2v) is 12.3. The van der Waals surface area contributed by atoms with E-state index in [0.29, 0.717) is 107 Å². The summed E-state index contributed by atoms with van der Waals surface area (Å²) >= 11 is 0. The number of benzene rings is 2. The Labute approximate surface area is 305 Å². The van der Waals surface area contributed by atoms with Gasteiger partial charge in [0.1, 0.15) is 16.9 Å². The number of amides is 4. The van der Waals surface area contributed by atoms with Gasteiger partial charge >= 0.3 is 0 Å². The van der Waals surface area contributed by atoms with Crippen LogP contribution in [0.2, 0.25) is 0 Å². The highest BCUT2D eigenvalue weighted by molar-refractivity contribution is 6.05. The van der Waals surface area contributed by atoms with Crippen LogP contribution in [0.15, 0.2) is 48.5 Å². The molecule has 0 atom stereocenters. The minimum absolute atomic E-state index is 0. The fourth-order valence-corrected chi connectivity index (χ4v) is 6.19. The molecule has 0 aliphatic rings. The first-order chi connectivity index (χ1) is 25.0. The number of para-hydroxylation sites is 1. The summed E-state index contributed by atoms with van der Waals surface area (Å²) in [7, 11) is 0. The zero-order chi connectivity index (χ0) is 37.1. The molecular weight excluding hydrogens is 678 g/mol. The molecule has 0 unspecified atom stereocenters. The number of anilines is 3. The topological polar surface area (TPSA) is 228 Å². The number of carbonyl (C=O) groups is 4. The van der Waals surface area contributed by atoms with Gasteiger partial charge in [0, 0.05) is 31.7 Å². The van der Waals surface area contributed by atoms with Crippen molar-refractivity contribution in [3.8, 4) is 0 Å². The number of unbranched alkanes of at least 4 members (excludes halogenated alkanes) is 1. The van der Waals surface area contributed by atoms with Crippen LogP contribution in [-0.4, -0.2) is 68.8 Å². The Morgan fingerprint density at radius 3 is 1.85 bits per heavy atom. The predicted octanol–water partition coefficient (Wildman–Crippen LogP) is 4.05. The molecule has 2 aromatic carbocycles. The van der Waals surface area contributed by atoms with Crippen molar-refractivity contribution in [3.05, 3.63) is 76.9 Å². The van der Waals surface area contributed by atoms with Crippen molar-refractivity contribution in [1.29, 1.82) is 0 Å². The fraction of sp³-hybridized carbons (Fsp3) is 0.333. The van der Waals surface area contributed by atoms with Crippen molar-refractivity contribution in [3.63, 3.8) is 0 Å². The van der Waals surface area contributed by atoms with E-state index in [-0.39, 0.29) is 31.7 Å². The minimum Gasteiger partial charge on any atom is -0.366 e. The molecule has 53 heavy (non-hydrogen) atoms. The number of primary amides is 1. The summed E-state index contributed by atoms with van der Waals surface area (Å²) in [6.07, 6.45) is 1.24. The van der Waals surface area contributed by atoms with Gasteiger partial charge in [-0.15, -0.1) is 0 Å². The van der Waals surface area contributed by atoms with Gasteiger partial charge in [-0.1, -0.05) is 13.5 Å². The smallest absolute Gasteiger partial charge is 0.276 e. The number of nitrogens with two attached hydrogens (primary N) is 2. The van der Waals surface area contributed by atoms with Gasteiger partial charge in [-0.25, -0.2) is 9.97 Å². The van der Waals surface area contributed by atoms with Crippen LogP contribution in [0.1, 0.15) is 76.8 Å². The fourth-order valence-electron chi connectivity index (χ4n) is 6.19. The van der Waals surface area contributed by atoms with Crippen LogP contribution in [0.3, 0.4) is 0 Å². The van der Waals surface area contributed by atoms with Crippen LogP contribution in [0.25, 0.3) is 22.1 Å². The highest BCUT2D eigenvalue weighted by atomic mass is 16.2. The van der Waals surface area contributed by atoms with Gasteiger partial charge in [0.15, 0.2) is 0 Å². The molecule has 17 nitrogen and oxygen atoms in total. The van der Waals surface area contributed by atoms with Crippen LogP contribution in [0.5, 0.6) is 0 Å². The van der Waals surface area contributed by atoms with E-state index in [9.17, 15) is 19.2 Å². The first-order valence-electron chi connectivity index (χ1n) is 17.0. The molecule has 4 heterocycles. The molecule has 0 aliphatic carbocycles. The van der Waals surface area contributed by atoms with E-state index in [2.05, 4.69) is 31.1 Å². The van der Waals surface area contributed by atoms with Crippen molar-refractivity contribution in [2.45, 2.75) is 74.1 Å². The van der Waals surface area contributed by atoms with E-state index in [1.54, 1.807) is 51.8 Å². The molecule has 0 saturated heterocycles. The Bertz CT molecular complexity index is 2330. The number of fused-ring (bicyclic) bond motifs is 2. The summed E-state index contributed by atoms with van der Waals surface area (Å²) in [5.41, 5.74) is 16.5. The molecule has 6 aromatic rings. The second kappa shape index (κ2) is 15.9. The largest absolute Gasteiger partial charge is 0.366 e. The second-order valence-electron chi connectivity index (χ2n) is 12.3. The van der Waals surface area contributed by atoms with Crippen LogP contribution in [0.4, 0.5) is 17.6 Å². The maximum Gasteiger partial charge on any atom is 0.276 e. The third kappa shape index (κ3) is 7.79. The summed E-state index contributed by atoms with van der Waals surface area (Å²) < 4.78 is 7.03. The molecule has 0 radical (unpaired) electrons. The van der Waals surface area contributed by atoms with Gasteiger partial charge in [0.2, 0.25) is 23.7 Å². The molecule has 17 heteroatoms. The Balaban J connectivity index is 0.00000541. The number of hydrogen-bond donors (Lipinski definition) is 5. The van der Waals surface area contributed by atoms with Crippen LogP contribution in [-0.2, 0) is 31.0 Å². The van der Waals surface area contributed by atoms with Crippen LogP contribution >= 0.6 is 0 Å². The number of hydrogen-bond acceptors (Lipinski definition) is 9. The van der Waals surface area contributed by atoms with Gasteiger partial charge in [0.25, 0.3) is 11.8 Å². The molecule has 0 fully saturated rings. The van der Waals surface area contributed by atoms with Crippen LogP contribution in [0, 0.1) is 13.8 Å². The Kier molecular flexibility index (Phi) is 11.4. The quantitative estimate of drug-likeness (QED) is 0.102. The number of aryl methyl sites for hydroxylation is 6. The first kappa shape index (κ1) is 37.9. The summed E-state index contributed by atoms with van der Waals surface area (Å²) in [5.74, 6) is -1.07. The third-order valence-corrected chi connectivity index (χ3v) is 8.60. The first-order valence-corrected chi connectivity index (χ1v) is 17.0. The van der Waals surface area contributed by atoms with Gasteiger partial charge in [-0.05, 0) is 83.0 Å². The van der Waals surface area contributed by atoms with Gasteiger partial charge in [-0.3, -0.25) is 39.2 Å². The SMILES string of the molecule is C.CCn1nc(C)cc1C(=O)Nc1nc2cc(C(N)=O)ccc2n1CCCCn1c(NC(=O)c2cc(C)nn2CC)nc2c(NC(=O)CN)cccc21. The summed E-state index contributed by atoms with van der Waals surface area (Å²) in [4.78, 5) is 60.5. The number of imidazole rings is 2. The van der Waals surface area contributed by atoms with Gasteiger partial charge in [-0.2, -0.15) is 10.2 Å². The Hall–Kier alpha value is -6.36. The van der Waals surface area contributed by atoms with Gasteiger partial charge < -0.3 is 25.9 Å². The summed E-state index contributed by atoms with van der Waals surface area (Å²) in [5, 5.41) is 17.5. The molecule has 0 aliphatic heterocycles. The van der Waals surface area contributed by atoms with E-state index in [1.165, 1.54) is 0 Å². The lowest BCUT2D eigenvalue weighted by atomic mass is 10.2. The predicted molar refractivity (Wildman–Crippen MR) is 203 cm³/mol. The lowest BCUT2D eigenvalue weighted by molar-refractivity contribution is -0.114. The summed E-state index contributed by atoms with van der Waals surface area (Å²) in [6.45, 7) is 9.19. The maximum atomic E-state index is 13.5. The third-order valence-electron chi connectivity index (χ3n) is 8.60. The molecule has 0 bridgehead atoms. The van der Waals surface area contributed by atoms with E-state index in [1.807, 2.05) is 42.9 Å². The van der Waals surface area contributed by atoms with Crippen molar-refractivity contribution in [2.24, 2.45) is 11.5 Å². The number of carbonyl (C=O) groups excluding carboxylic acids is 4. The van der Waals surface area contributed by atoms with Crippen molar-refractivity contribution >= 4 is 63.3 Å². The molecule has 0 saturated carbocycles. The standard InChI is InChI=1S/C35H41N13O4.CH4/c1-5-47-27(16-20(3)43-47)32(51)41-34-39-24-18-22(31(37)50)12-13-25(24)45(34)14-7-8-15-46-26-11-9-10-23(38-29(49)19-36)30(26)40-35(46)42-33(52)28-17-21(4)44-48(28)6-2;/h9-13,16-18H,5-8,14-15,19,36H2,1-4H3,(H2,37,50)(H,38,49)(H,39,41,51)(H,40,42,52);1H4. The van der Waals surface area contributed by atoms with E-state index >= 15 is 0 Å². The monoisotopic (exact) mass is 723 g/mol. The average Bonchev–Trinajstić information content (AvgIpc) is 3.89. The Morgan fingerprint density at radius 1 is 0.736 bits per heavy atom. The maximum absolute atomic E-state index is 13.5. The lowest BCUT2D eigenvalue weighted by Crippen LogP contribution is -2.21. The zero-order valence-electron chi connectivity index (χ0n) is 29.4. The molecule has 6 rings (SSSR count). The van der Waals surface area contributed by atoms with Crippen molar-refractivity contribution in [1.82, 2.24) is 38.7 Å². The highest BCUT2D eigenvalue weighted by Crippen LogP contribution is 2.28. The molecule has 278 valence electrons. The Morgan fingerprint density at radius 2 is 1.30 bits per heavy atom. The van der Waals surface area contributed by atoms with Crippen molar-refractivity contribution in [2.75, 3.05) is 22.5 Å². The number of aromatic nitrogens is 8. The van der Waals surface area contributed by atoms with E-state index in [0.717, 1.165) is 0 Å². The molecule has 4 amide bonds. The summed E-state index contributed by atoms with van der Waals surface area (Å²) in [6, 6.07) is 13.8. The number of rotatable bonds is 14. The lowest BCUT2D eigenvalue weighted by Gasteiger charge is -2.13.